The van der Waals surface area contributed by atoms with Crippen molar-refractivity contribution in [1.29, 1.82) is 0 Å². The minimum absolute atomic E-state index is 0.107. The van der Waals surface area contributed by atoms with Gasteiger partial charge in [-0.05, 0) is 55.3 Å². The molecular weight excluding hydrogens is 213 g/mol. The van der Waals surface area contributed by atoms with Crippen molar-refractivity contribution < 1.29 is 4.39 Å². The van der Waals surface area contributed by atoms with Gasteiger partial charge in [0.05, 0.1) is 0 Å². The smallest absolute Gasteiger partial charge is 0.126 e. The van der Waals surface area contributed by atoms with Crippen molar-refractivity contribution in [3.8, 4) is 0 Å². The number of hydrogen-bond donors (Lipinski definition) is 1. The van der Waals surface area contributed by atoms with E-state index < -0.39 is 0 Å². The largest absolute Gasteiger partial charge is 0.314 e. The molecule has 1 fully saturated rings. The van der Waals surface area contributed by atoms with E-state index in [0.29, 0.717) is 11.8 Å². The molecule has 1 aliphatic carbocycles. The highest BCUT2D eigenvalue weighted by atomic mass is 19.1. The number of nitrogens with one attached hydrogen (secondary N) is 1. The Kier molecular flexibility index (Phi) is 3.82. The molecule has 94 valence electrons. The molecule has 2 atom stereocenters. The Morgan fingerprint density at radius 2 is 2.06 bits per heavy atom. The molecule has 1 aromatic carbocycles. The molecule has 1 N–H and O–H groups in total. The minimum Gasteiger partial charge on any atom is -0.314 e. The van der Waals surface area contributed by atoms with E-state index in [2.05, 4.69) is 19.2 Å². The van der Waals surface area contributed by atoms with Crippen molar-refractivity contribution in [3.05, 3.63) is 35.1 Å². The van der Waals surface area contributed by atoms with E-state index in [1.807, 2.05) is 19.1 Å². The van der Waals surface area contributed by atoms with Crippen LogP contribution in [0.15, 0.2) is 18.2 Å². The van der Waals surface area contributed by atoms with Crippen LogP contribution in [0, 0.1) is 18.7 Å². The monoisotopic (exact) mass is 235 g/mol. The Balaban J connectivity index is 1.96. The van der Waals surface area contributed by atoms with Gasteiger partial charge in [-0.15, -0.1) is 0 Å². The number of benzene rings is 1. The molecule has 1 aromatic rings. The lowest BCUT2D eigenvalue weighted by Gasteiger charge is -2.21. The molecule has 0 saturated heterocycles. The summed E-state index contributed by atoms with van der Waals surface area (Å²) < 4.78 is 13.2. The van der Waals surface area contributed by atoms with E-state index in [1.54, 1.807) is 6.07 Å². The lowest BCUT2D eigenvalue weighted by Crippen LogP contribution is -2.26. The molecule has 0 amide bonds. The first-order chi connectivity index (χ1) is 8.08. The molecule has 1 saturated carbocycles. The van der Waals surface area contributed by atoms with Gasteiger partial charge in [0.2, 0.25) is 0 Å². The third-order valence-electron chi connectivity index (χ3n) is 3.87. The fraction of sp³-hybridized carbons (Fsp3) is 0.600. The fourth-order valence-electron chi connectivity index (χ4n) is 2.10. The van der Waals surface area contributed by atoms with Gasteiger partial charge >= 0.3 is 0 Å². The van der Waals surface area contributed by atoms with Crippen molar-refractivity contribution in [1.82, 2.24) is 5.32 Å². The Bertz CT molecular complexity index is 385. The molecule has 0 spiro atoms. The van der Waals surface area contributed by atoms with Gasteiger partial charge < -0.3 is 5.32 Å². The van der Waals surface area contributed by atoms with Gasteiger partial charge in [-0.3, -0.25) is 0 Å². The van der Waals surface area contributed by atoms with Crippen LogP contribution in [0.4, 0.5) is 4.39 Å². The van der Waals surface area contributed by atoms with Crippen LogP contribution in [0.2, 0.25) is 0 Å². The van der Waals surface area contributed by atoms with E-state index in [0.717, 1.165) is 18.2 Å². The first-order valence-electron chi connectivity index (χ1n) is 6.57. The lowest BCUT2D eigenvalue weighted by molar-refractivity contribution is 0.445. The predicted octanol–water partition coefficient (Wildman–Crippen LogP) is 3.63. The summed E-state index contributed by atoms with van der Waals surface area (Å²) in [5.41, 5.74) is 1.99. The van der Waals surface area contributed by atoms with Gasteiger partial charge in [0.15, 0.2) is 0 Å². The molecule has 0 bridgehead atoms. The number of hydrogen-bond acceptors (Lipinski definition) is 1. The molecule has 0 heterocycles. The Morgan fingerprint density at radius 1 is 1.35 bits per heavy atom. The summed E-state index contributed by atoms with van der Waals surface area (Å²) in [5.74, 6) is 0.950. The van der Waals surface area contributed by atoms with E-state index in [9.17, 15) is 4.39 Å². The molecule has 1 nitrogen and oxygen atoms in total. The van der Waals surface area contributed by atoms with E-state index in [4.69, 9.17) is 0 Å². The Morgan fingerprint density at radius 3 is 2.65 bits per heavy atom. The van der Waals surface area contributed by atoms with Crippen molar-refractivity contribution >= 4 is 0 Å². The minimum atomic E-state index is -0.107. The van der Waals surface area contributed by atoms with Gasteiger partial charge in [-0.1, -0.05) is 26.0 Å². The maximum atomic E-state index is 13.2. The zero-order valence-corrected chi connectivity index (χ0v) is 11.0. The van der Waals surface area contributed by atoms with Crippen LogP contribution < -0.4 is 5.32 Å². The fourth-order valence-corrected chi connectivity index (χ4v) is 2.10. The maximum Gasteiger partial charge on any atom is 0.126 e. The van der Waals surface area contributed by atoms with Crippen LogP contribution in [0.3, 0.4) is 0 Å². The topological polar surface area (TPSA) is 12.0 Å². The van der Waals surface area contributed by atoms with Crippen LogP contribution >= 0.6 is 0 Å². The van der Waals surface area contributed by atoms with Crippen LogP contribution in [0.5, 0.6) is 0 Å². The second kappa shape index (κ2) is 5.18. The van der Waals surface area contributed by atoms with Gasteiger partial charge in [-0.25, -0.2) is 4.39 Å². The maximum absolute atomic E-state index is 13.2. The van der Waals surface area contributed by atoms with Crippen LogP contribution in [-0.4, -0.2) is 12.6 Å². The molecule has 2 heteroatoms. The van der Waals surface area contributed by atoms with Crippen LogP contribution in [0.1, 0.15) is 43.7 Å². The van der Waals surface area contributed by atoms with E-state index in [-0.39, 0.29) is 5.82 Å². The highest BCUT2D eigenvalue weighted by Gasteiger charge is 2.22. The van der Waals surface area contributed by atoms with Gasteiger partial charge in [-0.2, -0.15) is 0 Å². The number of aryl methyl sites for hydroxylation is 1. The summed E-state index contributed by atoms with van der Waals surface area (Å²) in [7, 11) is 0. The predicted molar refractivity (Wildman–Crippen MR) is 69.7 cm³/mol. The van der Waals surface area contributed by atoms with Crippen molar-refractivity contribution in [2.75, 3.05) is 6.54 Å². The summed E-state index contributed by atoms with van der Waals surface area (Å²) in [5, 5.41) is 3.56. The molecular formula is C15H22FN. The quantitative estimate of drug-likeness (QED) is 0.822. The molecule has 2 unspecified atom stereocenters. The standard InChI is InChI=1S/C15H22FN/c1-10-8-13(4-7-15(10)16)12(3)11(2)9-17-14-5-6-14/h4,7-8,11-12,14,17H,5-6,9H2,1-3H3. The summed E-state index contributed by atoms with van der Waals surface area (Å²) >= 11 is 0. The second-order valence-corrected chi connectivity index (χ2v) is 5.46. The van der Waals surface area contributed by atoms with E-state index in [1.165, 1.54) is 18.4 Å². The first kappa shape index (κ1) is 12.6. The zero-order chi connectivity index (χ0) is 12.4. The van der Waals surface area contributed by atoms with E-state index >= 15 is 0 Å². The van der Waals surface area contributed by atoms with Crippen LogP contribution in [0.25, 0.3) is 0 Å². The van der Waals surface area contributed by atoms with Gasteiger partial charge in [0.1, 0.15) is 5.82 Å². The Labute approximate surface area is 103 Å². The number of halogens is 1. The molecule has 2 rings (SSSR count). The van der Waals surface area contributed by atoms with Crippen LogP contribution in [-0.2, 0) is 0 Å². The highest BCUT2D eigenvalue weighted by Crippen LogP contribution is 2.26. The second-order valence-electron chi connectivity index (χ2n) is 5.46. The van der Waals surface area contributed by atoms with Crippen molar-refractivity contribution in [2.45, 2.75) is 45.6 Å². The third-order valence-corrected chi connectivity index (χ3v) is 3.87. The average Bonchev–Trinajstić information content (AvgIpc) is 3.12. The molecule has 1 aliphatic rings. The average molecular weight is 235 g/mol. The summed E-state index contributed by atoms with van der Waals surface area (Å²) in [6.45, 7) is 7.38. The SMILES string of the molecule is Cc1cc(C(C)C(C)CNC2CC2)ccc1F. The summed E-state index contributed by atoms with van der Waals surface area (Å²) in [4.78, 5) is 0. The molecule has 17 heavy (non-hydrogen) atoms. The Hall–Kier alpha value is -0.890. The molecule has 0 aromatic heterocycles. The first-order valence-corrected chi connectivity index (χ1v) is 6.57. The number of rotatable bonds is 5. The molecule has 0 radical (unpaired) electrons. The third kappa shape index (κ3) is 3.29. The van der Waals surface area contributed by atoms with Crippen molar-refractivity contribution in [3.63, 3.8) is 0 Å². The van der Waals surface area contributed by atoms with Gasteiger partial charge in [0, 0.05) is 6.04 Å². The zero-order valence-electron chi connectivity index (χ0n) is 11.0. The molecule has 0 aliphatic heterocycles. The highest BCUT2D eigenvalue weighted by molar-refractivity contribution is 5.26. The lowest BCUT2D eigenvalue weighted by atomic mass is 9.88. The van der Waals surface area contributed by atoms with Crippen molar-refractivity contribution in [2.24, 2.45) is 5.92 Å². The van der Waals surface area contributed by atoms with Gasteiger partial charge in [0.25, 0.3) is 0 Å². The summed E-state index contributed by atoms with van der Waals surface area (Å²) in [6.07, 6.45) is 2.66. The normalized spacial score (nSPS) is 19.1. The summed E-state index contributed by atoms with van der Waals surface area (Å²) in [6, 6.07) is 6.25.